The van der Waals surface area contributed by atoms with E-state index < -0.39 is 0 Å². The minimum Gasteiger partial charge on any atom is -0.326 e. The predicted molar refractivity (Wildman–Crippen MR) is 84.9 cm³/mol. The molecule has 0 saturated carbocycles. The summed E-state index contributed by atoms with van der Waals surface area (Å²) in [4.78, 5) is 4.55. The zero-order valence-corrected chi connectivity index (χ0v) is 13.2. The molecule has 19 heavy (non-hydrogen) atoms. The summed E-state index contributed by atoms with van der Waals surface area (Å²) < 4.78 is 1.11. The van der Waals surface area contributed by atoms with E-state index in [0.29, 0.717) is 0 Å². The average molecular weight is 292 g/mol. The van der Waals surface area contributed by atoms with E-state index in [1.807, 2.05) is 6.92 Å². The van der Waals surface area contributed by atoms with Crippen molar-refractivity contribution < 1.29 is 0 Å². The Morgan fingerprint density at radius 2 is 2.05 bits per heavy atom. The maximum Gasteiger partial charge on any atom is 0.150 e. The summed E-state index contributed by atoms with van der Waals surface area (Å²) in [5.41, 5.74) is 10.0. The van der Waals surface area contributed by atoms with Crippen LogP contribution in [-0.2, 0) is 0 Å². The minimum absolute atomic E-state index is 0.148. The van der Waals surface area contributed by atoms with Gasteiger partial charge in [-0.15, -0.1) is 11.3 Å². The van der Waals surface area contributed by atoms with Crippen LogP contribution in [0.3, 0.4) is 0 Å². The van der Waals surface area contributed by atoms with Gasteiger partial charge in [-0.2, -0.15) is 0 Å². The van der Waals surface area contributed by atoms with Gasteiger partial charge in [0, 0.05) is 17.1 Å². The summed E-state index contributed by atoms with van der Waals surface area (Å²) >= 11 is 3.49. The van der Waals surface area contributed by atoms with Crippen LogP contribution >= 0.6 is 23.1 Å². The van der Waals surface area contributed by atoms with Crippen molar-refractivity contribution in [3.05, 3.63) is 46.5 Å². The number of thioether (sulfide) groups is 1. The van der Waals surface area contributed by atoms with E-state index in [1.165, 1.54) is 11.1 Å². The minimum atomic E-state index is 0.148. The molecule has 0 radical (unpaired) electrons. The van der Waals surface area contributed by atoms with E-state index in [1.54, 1.807) is 23.1 Å². The van der Waals surface area contributed by atoms with Crippen LogP contribution in [0.4, 0.5) is 0 Å². The zero-order valence-electron chi connectivity index (χ0n) is 11.6. The summed E-state index contributed by atoms with van der Waals surface area (Å²) in [7, 11) is 0. The van der Waals surface area contributed by atoms with Crippen LogP contribution < -0.4 is 5.73 Å². The summed E-state index contributed by atoms with van der Waals surface area (Å²) in [6.07, 6.45) is 0.969. The number of aromatic nitrogens is 1. The highest BCUT2D eigenvalue weighted by Gasteiger charge is 2.22. The largest absolute Gasteiger partial charge is 0.326 e. The zero-order chi connectivity index (χ0) is 13.8. The van der Waals surface area contributed by atoms with Crippen LogP contribution in [0.1, 0.15) is 35.4 Å². The van der Waals surface area contributed by atoms with Gasteiger partial charge in [-0.05, 0) is 31.4 Å². The molecule has 1 aromatic carbocycles. The van der Waals surface area contributed by atoms with Gasteiger partial charge in [-0.1, -0.05) is 43.0 Å². The summed E-state index contributed by atoms with van der Waals surface area (Å²) in [5.74, 6) is 0. The highest BCUT2D eigenvalue weighted by molar-refractivity contribution is 8.01. The van der Waals surface area contributed by atoms with Crippen molar-refractivity contribution in [1.82, 2.24) is 4.98 Å². The molecule has 4 heteroatoms. The van der Waals surface area contributed by atoms with Crippen molar-refractivity contribution in [3.8, 4) is 0 Å². The van der Waals surface area contributed by atoms with Gasteiger partial charge >= 0.3 is 0 Å². The summed E-state index contributed by atoms with van der Waals surface area (Å²) in [6.45, 7) is 6.32. The number of benzene rings is 1. The normalized spacial score (nSPS) is 14.3. The van der Waals surface area contributed by atoms with Gasteiger partial charge in [0.1, 0.15) is 0 Å². The van der Waals surface area contributed by atoms with Crippen LogP contribution in [-0.4, -0.2) is 11.0 Å². The highest BCUT2D eigenvalue weighted by Crippen LogP contribution is 2.40. The first-order valence-corrected chi connectivity index (χ1v) is 8.27. The van der Waals surface area contributed by atoms with Gasteiger partial charge in [0.15, 0.2) is 4.34 Å². The van der Waals surface area contributed by atoms with Gasteiger partial charge in [0.05, 0.1) is 5.25 Å². The van der Waals surface area contributed by atoms with Crippen LogP contribution in [0.15, 0.2) is 34.0 Å². The molecule has 0 aliphatic carbocycles. The van der Waals surface area contributed by atoms with E-state index in [9.17, 15) is 0 Å². The smallest absolute Gasteiger partial charge is 0.150 e. The van der Waals surface area contributed by atoms with Crippen LogP contribution in [0.5, 0.6) is 0 Å². The number of hydrogen-bond donors (Lipinski definition) is 1. The first-order valence-electron chi connectivity index (χ1n) is 6.51. The Bertz CT molecular complexity index is 536. The highest BCUT2D eigenvalue weighted by atomic mass is 32.2. The number of aryl methyl sites for hydroxylation is 2. The first kappa shape index (κ1) is 14.6. The third-order valence-corrected chi connectivity index (χ3v) is 5.66. The molecule has 2 atom stereocenters. The Kier molecular flexibility index (Phi) is 5.02. The molecular formula is C15H20N2S2. The maximum absolute atomic E-state index is 6.33. The fourth-order valence-electron chi connectivity index (χ4n) is 2.00. The van der Waals surface area contributed by atoms with Crippen molar-refractivity contribution in [2.24, 2.45) is 5.73 Å². The molecule has 2 aromatic rings. The second kappa shape index (κ2) is 6.55. The second-order valence-electron chi connectivity index (χ2n) is 4.72. The molecule has 0 saturated heterocycles. The molecule has 102 valence electrons. The molecule has 2 nitrogen and oxygen atoms in total. The molecule has 0 fully saturated rings. The fraction of sp³-hybridized carbons (Fsp3) is 0.400. The van der Waals surface area contributed by atoms with Crippen molar-refractivity contribution >= 4 is 23.1 Å². The van der Waals surface area contributed by atoms with Gasteiger partial charge in [0.2, 0.25) is 0 Å². The Labute approximate surface area is 123 Å². The number of thiazole rings is 1. The molecule has 0 aliphatic rings. The van der Waals surface area contributed by atoms with Crippen molar-refractivity contribution in [2.45, 2.75) is 42.8 Å². The third kappa shape index (κ3) is 3.59. The Hall–Kier alpha value is -0.840. The van der Waals surface area contributed by atoms with E-state index in [2.05, 4.69) is 48.5 Å². The van der Waals surface area contributed by atoms with Crippen molar-refractivity contribution in [2.75, 3.05) is 0 Å². The Morgan fingerprint density at radius 1 is 1.32 bits per heavy atom. The third-order valence-electron chi connectivity index (χ3n) is 3.18. The molecule has 2 rings (SSSR count). The lowest BCUT2D eigenvalue weighted by Crippen LogP contribution is -2.26. The van der Waals surface area contributed by atoms with Gasteiger partial charge in [0.25, 0.3) is 0 Å². The second-order valence-corrected chi connectivity index (χ2v) is 6.97. The monoisotopic (exact) mass is 292 g/mol. The molecule has 1 aromatic heterocycles. The number of hydrogen-bond acceptors (Lipinski definition) is 4. The summed E-state index contributed by atoms with van der Waals surface area (Å²) in [5, 5.41) is 2.37. The Balaban J connectivity index is 2.29. The molecular weight excluding hydrogens is 272 g/mol. The maximum atomic E-state index is 6.33. The lowest BCUT2D eigenvalue weighted by molar-refractivity contribution is 0.632. The van der Waals surface area contributed by atoms with Gasteiger partial charge in [-0.25, -0.2) is 4.98 Å². The fourth-order valence-corrected chi connectivity index (χ4v) is 4.37. The number of nitrogens with zero attached hydrogens (tertiary/aromatic N) is 1. The van der Waals surface area contributed by atoms with E-state index in [-0.39, 0.29) is 11.3 Å². The lowest BCUT2D eigenvalue weighted by atomic mass is 10.00. The summed E-state index contributed by atoms with van der Waals surface area (Å²) in [6, 6.07) is 8.65. The van der Waals surface area contributed by atoms with Crippen LogP contribution in [0, 0.1) is 13.8 Å². The molecule has 1 heterocycles. The number of rotatable bonds is 5. The molecule has 0 spiro atoms. The van der Waals surface area contributed by atoms with E-state index in [4.69, 9.17) is 5.73 Å². The van der Waals surface area contributed by atoms with Crippen molar-refractivity contribution in [1.29, 1.82) is 0 Å². The van der Waals surface area contributed by atoms with E-state index in [0.717, 1.165) is 16.5 Å². The molecule has 0 amide bonds. The van der Waals surface area contributed by atoms with Gasteiger partial charge in [-0.3, -0.25) is 0 Å². The molecule has 2 N–H and O–H groups in total. The van der Waals surface area contributed by atoms with Crippen LogP contribution in [0.25, 0.3) is 0 Å². The standard InChI is InChI=1S/C15H20N2S2/c1-4-13(16)14(12-8-6-5-7-10(12)2)19-15-17-11(3)9-18-15/h5-9,13-14H,4,16H2,1-3H3. The number of nitrogens with two attached hydrogens (primary N) is 1. The molecule has 0 aliphatic heterocycles. The molecule has 0 bridgehead atoms. The van der Waals surface area contributed by atoms with Gasteiger partial charge < -0.3 is 5.73 Å². The Morgan fingerprint density at radius 3 is 2.63 bits per heavy atom. The quantitative estimate of drug-likeness (QED) is 0.834. The van der Waals surface area contributed by atoms with E-state index >= 15 is 0 Å². The molecule has 2 unspecified atom stereocenters. The van der Waals surface area contributed by atoms with Crippen LogP contribution in [0.2, 0.25) is 0 Å². The average Bonchev–Trinajstić information content (AvgIpc) is 2.82. The lowest BCUT2D eigenvalue weighted by Gasteiger charge is -2.23. The predicted octanol–water partition coefficient (Wildman–Crippen LogP) is 4.33. The first-order chi connectivity index (χ1) is 9.11. The SMILES string of the molecule is CCC(N)C(Sc1nc(C)cs1)c1ccccc1C. The topological polar surface area (TPSA) is 38.9 Å². The van der Waals surface area contributed by atoms with Crippen molar-refractivity contribution in [3.63, 3.8) is 0 Å².